The van der Waals surface area contributed by atoms with Gasteiger partial charge >= 0.3 is 6.18 Å². The Bertz CT molecular complexity index is 1220. The Labute approximate surface area is 174 Å². The average molecular weight is 433 g/mol. The summed E-state index contributed by atoms with van der Waals surface area (Å²) in [6.07, 6.45) is -3.79. The maximum absolute atomic E-state index is 12.8. The van der Waals surface area contributed by atoms with Crippen molar-refractivity contribution < 1.29 is 13.2 Å². The van der Waals surface area contributed by atoms with Crippen LogP contribution in [-0.4, -0.2) is 19.5 Å². The highest BCUT2D eigenvalue weighted by Crippen LogP contribution is 2.33. The van der Waals surface area contributed by atoms with Crippen molar-refractivity contribution >= 4 is 40.0 Å². The number of imidazole rings is 1. The predicted molar refractivity (Wildman–Crippen MR) is 110 cm³/mol. The maximum atomic E-state index is 12.8. The zero-order valence-electron chi connectivity index (χ0n) is 15.7. The van der Waals surface area contributed by atoms with E-state index in [-0.39, 0.29) is 22.6 Å². The van der Waals surface area contributed by atoms with Crippen LogP contribution in [0.3, 0.4) is 0 Å². The fraction of sp³-hybridized carbons (Fsp3) is 0.150. The zero-order chi connectivity index (χ0) is 21.5. The van der Waals surface area contributed by atoms with Gasteiger partial charge in [-0.15, -0.1) is 0 Å². The van der Waals surface area contributed by atoms with Crippen molar-refractivity contribution in [2.45, 2.75) is 19.5 Å². The van der Waals surface area contributed by atoms with E-state index in [0.717, 1.165) is 29.0 Å². The lowest BCUT2D eigenvalue weighted by atomic mass is 10.2. The number of benzene rings is 2. The summed E-state index contributed by atoms with van der Waals surface area (Å²) in [5.74, 6) is 1.21. The van der Waals surface area contributed by atoms with Crippen molar-refractivity contribution in [1.82, 2.24) is 19.5 Å². The summed E-state index contributed by atoms with van der Waals surface area (Å²) in [5, 5.41) is 2.99. The molecule has 0 saturated heterocycles. The first-order valence-electron chi connectivity index (χ1n) is 9.02. The van der Waals surface area contributed by atoms with Gasteiger partial charge in [-0.05, 0) is 36.4 Å². The van der Waals surface area contributed by atoms with Crippen LogP contribution < -0.4 is 11.1 Å². The van der Waals surface area contributed by atoms with Gasteiger partial charge in [0, 0.05) is 12.1 Å². The normalized spacial score (nSPS) is 11.8. The third kappa shape index (κ3) is 3.63. The third-order valence-electron chi connectivity index (χ3n) is 4.49. The van der Waals surface area contributed by atoms with E-state index >= 15 is 0 Å². The van der Waals surface area contributed by atoms with Gasteiger partial charge in [0.25, 0.3) is 0 Å². The zero-order valence-corrected chi connectivity index (χ0v) is 16.5. The highest BCUT2D eigenvalue weighted by Gasteiger charge is 2.30. The maximum Gasteiger partial charge on any atom is 0.416 e. The molecule has 4 rings (SSSR count). The molecule has 2 aromatic carbocycles. The third-order valence-corrected chi connectivity index (χ3v) is 4.86. The number of nitrogens with one attached hydrogen (secondary N) is 1. The predicted octanol–water partition coefficient (Wildman–Crippen LogP) is 5.38. The molecule has 0 fully saturated rings. The summed E-state index contributed by atoms with van der Waals surface area (Å²) in [6.45, 7) is 1.96. The van der Waals surface area contributed by atoms with Crippen LogP contribution >= 0.6 is 11.6 Å². The second-order valence-corrected chi connectivity index (χ2v) is 6.86. The number of fused-ring (bicyclic) bond motifs is 1. The number of aryl methyl sites for hydroxylation is 1. The molecule has 0 saturated carbocycles. The summed E-state index contributed by atoms with van der Waals surface area (Å²) < 4.78 is 40.1. The van der Waals surface area contributed by atoms with E-state index in [4.69, 9.17) is 17.3 Å². The van der Waals surface area contributed by atoms with Gasteiger partial charge in [-0.1, -0.05) is 30.7 Å². The molecule has 0 radical (unpaired) electrons. The Balaban J connectivity index is 1.77. The van der Waals surface area contributed by atoms with E-state index in [1.807, 2.05) is 31.2 Å². The molecule has 0 amide bonds. The Hall–Kier alpha value is -3.33. The van der Waals surface area contributed by atoms with Gasteiger partial charge in [0.2, 0.25) is 5.95 Å². The highest BCUT2D eigenvalue weighted by atomic mass is 35.5. The van der Waals surface area contributed by atoms with Crippen LogP contribution in [-0.2, 0) is 12.6 Å². The fourth-order valence-electron chi connectivity index (χ4n) is 3.05. The number of aromatic nitrogens is 4. The Morgan fingerprint density at radius 1 is 1.03 bits per heavy atom. The van der Waals surface area contributed by atoms with Gasteiger partial charge in [0.15, 0.2) is 5.82 Å². The number of anilines is 3. The molecular formula is C20H16ClF3N6. The van der Waals surface area contributed by atoms with Crippen molar-refractivity contribution in [1.29, 1.82) is 0 Å². The van der Waals surface area contributed by atoms with Crippen molar-refractivity contribution in [3.8, 4) is 5.95 Å². The van der Waals surface area contributed by atoms with Crippen LogP contribution in [0.1, 0.15) is 18.3 Å². The largest absolute Gasteiger partial charge is 0.416 e. The molecule has 0 aliphatic rings. The van der Waals surface area contributed by atoms with Gasteiger partial charge in [-0.2, -0.15) is 23.1 Å². The van der Waals surface area contributed by atoms with E-state index in [1.54, 1.807) is 4.57 Å². The monoisotopic (exact) mass is 432 g/mol. The summed E-state index contributed by atoms with van der Waals surface area (Å²) in [5.41, 5.74) is 7.20. The molecule has 0 atom stereocenters. The molecule has 10 heteroatoms. The van der Waals surface area contributed by atoms with Crippen molar-refractivity contribution in [3.05, 3.63) is 64.9 Å². The van der Waals surface area contributed by atoms with Crippen molar-refractivity contribution in [2.24, 2.45) is 0 Å². The molecule has 0 aliphatic heterocycles. The first-order valence-corrected chi connectivity index (χ1v) is 9.39. The second-order valence-electron chi connectivity index (χ2n) is 6.48. The molecule has 2 heterocycles. The van der Waals surface area contributed by atoms with E-state index in [0.29, 0.717) is 12.1 Å². The number of nitrogen functional groups attached to an aromatic ring is 1. The Morgan fingerprint density at radius 2 is 1.73 bits per heavy atom. The highest BCUT2D eigenvalue weighted by molar-refractivity contribution is 6.35. The van der Waals surface area contributed by atoms with Gasteiger partial charge in [-0.25, -0.2) is 4.98 Å². The van der Waals surface area contributed by atoms with Crippen LogP contribution in [0.5, 0.6) is 0 Å². The number of hydrogen-bond donors (Lipinski definition) is 2. The minimum Gasteiger partial charge on any atom is -0.382 e. The van der Waals surface area contributed by atoms with Crippen LogP contribution in [0, 0.1) is 0 Å². The quantitative estimate of drug-likeness (QED) is 0.452. The van der Waals surface area contributed by atoms with Gasteiger partial charge in [0.1, 0.15) is 16.7 Å². The number of hydrogen-bond acceptors (Lipinski definition) is 5. The number of halogens is 4. The van der Waals surface area contributed by atoms with Gasteiger partial charge in [-0.3, -0.25) is 4.57 Å². The van der Waals surface area contributed by atoms with Crippen LogP contribution in [0.25, 0.3) is 17.0 Å². The number of rotatable bonds is 4. The molecule has 4 aromatic rings. The van der Waals surface area contributed by atoms with Gasteiger partial charge < -0.3 is 11.1 Å². The lowest BCUT2D eigenvalue weighted by molar-refractivity contribution is -0.137. The van der Waals surface area contributed by atoms with Crippen LogP contribution in [0.4, 0.5) is 30.5 Å². The summed E-state index contributed by atoms with van der Waals surface area (Å²) in [7, 11) is 0. The van der Waals surface area contributed by atoms with Crippen molar-refractivity contribution in [2.75, 3.05) is 11.1 Å². The first kappa shape index (κ1) is 20.0. The minimum absolute atomic E-state index is 0.0379. The van der Waals surface area contributed by atoms with Crippen molar-refractivity contribution in [3.63, 3.8) is 0 Å². The molecule has 0 unspecified atom stereocenters. The Kier molecular flexibility index (Phi) is 4.98. The van der Waals surface area contributed by atoms with E-state index in [1.165, 1.54) is 12.1 Å². The lowest BCUT2D eigenvalue weighted by Gasteiger charge is -2.13. The Morgan fingerprint density at radius 3 is 2.40 bits per heavy atom. The molecule has 0 bridgehead atoms. The molecular weight excluding hydrogens is 417 g/mol. The van der Waals surface area contributed by atoms with Crippen LogP contribution in [0.2, 0.25) is 5.02 Å². The molecule has 30 heavy (non-hydrogen) atoms. The smallest absolute Gasteiger partial charge is 0.382 e. The lowest BCUT2D eigenvalue weighted by Crippen LogP contribution is -2.10. The standard InChI is InChI=1S/C20H16ClF3N6/c1-2-15-27-13-5-3-4-6-14(13)30(15)19-28-17(25)16(21)18(29-19)26-12-9-7-11(8-10-12)20(22,23)24/h3-10H,2H2,1H3,(H3,25,26,28,29). The topological polar surface area (TPSA) is 81.7 Å². The van der Waals surface area contributed by atoms with E-state index < -0.39 is 11.7 Å². The number of alkyl halides is 3. The van der Waals surface area contributed by atoms with Crippen LogP contribution in [0.15, 0.2) is 48.5 Å². The molecule has 3 N–H and O–H groups in total. The van der Waals surface area contributed by atoms with Gasteiger partial charge in [0.05, 0.1) is 16.6 Å². The van der Waals surface area contributed by atoms with E-state index in [9.17, 15) is 13.2 Å². The number of nitrogens with two attached hydrogens (primary N) is 1. The number of para-hydroxylation sites is 2. The summed E-state index contributed by atoms with van der Waals surface area (Å²) in [4.78, 5) is 13.3. The average Bonchev–Trinajstić information content (AvgIpc) is 3.09. The van der Waals surface area contributed by atoms with E-state index in [2.05, 4.69) is 20.3 Å². The molecule has 2 aromatic heterocycles. The SMILES string of the molecule is CCc1nc2ccccc2n1-c1nc(N)c(Cl)c(Nc2ccc(C(F)(F)F)cc2)n1. The first-order chi connectivity index (χ1) is 14.3. The molecule has 0 spiro atoms. The molecule has 154 valence electrons. The fourth-order valence-corrected chi connectivity index (χ4v) is 3.18. The molecule has 0 aliphatic carbocycles. The number of nitrogens with zero attached hydrogens (tertiary/aromatic N) is 4. The minimum atomic E-state index is -4.41. The molecule has 6 nitrogen and oxygen atoms in total. The summed E-state index contributed by atoms with van der Waals surface area (Å²) in [6, 6.07) is 12.1. The summed E-state index contributed by atoms with van der Waals surface area (Å²) >= 11 is 6.25. The second kappa shape index (κ2) is 7.49.